The number of carbonyl (C=O) groups excluding carboxylic acids is 1. The molecule has 0 atom stereocenters. The van der Waals surface area contributed by atoms with Crippen molar-refractivity contribution in [3.63, 3.8) is 0 Å². The molecule has 0 saturated carbocycles. The summed E-state index contributed by atoms with van der Waals surface area (Å²) in [5, 5.41) is 1.37. The summed E-state index contributed by atoms with van der Waals surface area (Å²) in [4.78, 5) is 11.4. The van der Waals surface area contributed by atoms with Crippen molar-refractivity contribution in [2.75, 3.05) is 13.2 Å². The highest BCUT2D eigenvalue weighted by molar-refractivity contribution is 7.90. The standard InChI is InChI=1S/C12H13F3N2O5S/c1-8-2-4-9(5-3-8)23(19,20)17-10(18)16-12(11(13,14)15)21-6-7-22-12/h2-5H,6-7H2,1H3,(H2,16,17,18). The number of sulfonamides is 1. The van der Waals surface area contributed by atoms with Gasteiger partial charge in [0, 0.05) is 0 Å². The topological polar surface area (TPSA) is 93.7 Å². The molecule has 0 radical (unpaired) electrons. The first kappa shape index (κ1) is 17.5. The van der Waals surface area contributed by atoms with Gasteiger partial charge in [-0.1, -0.05) is 17.7 Å². The van der Waals surface area contributed by atoms with Gasteiger partial charge < -0.3 is 9.47 Å². The molecule has 1 aliphatic rings. The number of urea groups is 1. The Hall–Kier alpha value is -1.85. The summed E-state index contributed by atoms with van der Waals surface area (Å²) in [6, 6.07) is 3.77. The Balaban J connectivity index is 2.13. The summed E-state index contributed by atoms with van der Waals surface area (Å²) < 4.78 is 73.0. The molecule has 11 heteroatoms. The van der Waals surface area contributed by atoms with Crippen LogP contribution in [0.4, 0.5) is 18.0 Å². The number of ether oxygens (including phenoxy) is 2. The molecule has 1 aromatic carbocycles. The van der Waals surface area contributed by atoms with Crippen molar-refractivity contribution in [1.29, 1.82) is 0 Å². The second-order valence-corrected chi connectivity index (χ2v) is 6.37. The van der Waals surface area contributed by atoms with Crippen LogP contribution < -0.4 is 10.0 Å². The van der Waals surface area contributed by atoms with Gasteiger partial charge in [-0.3, -0.25) is 5.32 Å². The largest absolute Gasteiger partial charge is 0.465 e. The second kappa shape index (κ2) is 5.98. The summed E-state index contributed by atoms with van der Waals surface area (Å²) in [6.07, 6.45) is -5.07. The zero-order valence-electron chi connectivity index (χ0n) is 11.8. The van der Waals surface area contributed by atoms with E-state index < -0.39 is 41.4 Å². The van der Waals surface area contributed by atoms with Gasteiger partial charge >= 0.3 is 18.1 Å². The van der Waals surface area contributed by atoms with Crippen molar-refractivity contribution < 1.29 is 35.9 Å². The normalized spacial score (nSPS) is 17.7. The third-order valence-electron chi connectivity index (χ3n) is 2.90. The Bertz CT molecular complexity index is 682. The minimum Gasteiger partial charge on any atom is -0.323 e. The Morgan fingerprint density at radius 2 is 1.70 bits per heavy atom. The van der Waals surface area contributed by atoms with Crippen molar-refractivity contribution in [3.8, 4) is 0 Å². The molecule has 1 aliphatic heterocycles. The average Bonchev–Trinajstić information content (AvgIpc) is 2.87. The minimum absolute atomic E-state index is 0.271. The van der Waals surface area contributed by atoms with E-state index >= 15 is 0 Å². The van der Waals surface area contributed by atoms with Gasteiger partial charge in [-0.25, -0.2) is 17.9 Å². The number of alkyl halides is 3. The van der Waals surface area contributed by atoms with Crippen LogP contribution in [0, 0.1) is 6.92 Å². The van der Waals surface area contributed by atoms with Crippen LogP contribution in [0.25, 0.3) is 0 Å². The van der Waals surface area contributed by atoms with Crippen molar-refractivity contribution in [3.05, 3.63) is 29.8 Å². The number of amides is 2. The predicted molar refractivity (Wildman–Crippen MR) is 70.7 cm³/mol. The highest BCUT2D eigenvalue weighted by Crippen LogP contribution is 2.35. The van der Waals surface area contributed by atoms with Gasteiger partial charge in [0.1, 0.15) is 0 Å². The minimum atomic E-state index is -5.07. The van der Waals surface area contributed by atoms with Gasteiger partial charge in [-0.05, 0) is 19.1 Å². The van der Waals surface area contributed by atoms with Crippen molar-refractivity contribution in [1.82, 2.24) is 10.0 Å². The maximum Gasteiger partial charge on any atom is 0.465 e. The highest BCUT2D eigenvalue weighted by atomic mass is 32.2. The molecule has 2 N–H and O–H groups in total. The van der Waals surface area contributed by atoms with E-state index in [2.05, 4.69) is 9.47 Å². The van der Waals surface area contributed by atoms with Gasteiger partial charge in [0.05, 0.1) is 18.1 Å². The monoisotopic (exact) mass is 354 g/mol. The molecular weight excluding hydrogens is 341 g/mol. The Labute approximate surface area is 129 Å². The first-order valence-electron chi connectivity index (χ1n) is 6.32. The number of hydrogen-bond acceptors (Lipinski definition) is 5. The smallest absolute Gasteiger partial charge is 0.323 e. The van der Waals surface area contributed by atoms with Gasteiger partial charge in [0.15, 0.2) is 0 Å². The lowest BCUT2D eigenvalue weighted by molar-refractivity contribution is -0.351. The summed E-state index contributed by atoms with van der Waals surface area (Å²) in [6.45, 7) is 0.924. The average molecular weight is 354 g/mol. The molecule has 1 heterocycles. The van der Waals surface area contributed by atoms with Crippen LogP contribution in [-0.4, -0.2) is 39.8 Å². The molecule has 0 aliphatic carbocycles. The van der Waals surface area contributed by atoms with Crippen LogP contribution >= 0.6 is 0 Å². The molecule has 128 valence electrons. The molecule has 0 unspecified atom stereocenters. The molecule has 1 fully saturated rings. The molecular formula is C12H13F3N2O5S. The highest BCUT2D eigenvalue weighted by Gasteiger charge is 2.62. The van der Waals surface area contributed by atoms with Crippen molar-refractivity contribution in [2.24, 2.45) is 0 Å². The number of nitrogens with one attached hydrogen (secondary N) is 2. The fraction of sp³-hybridized carbons (Fsp3) is 0.417. The number of carbonyl (C=O) groups is 1. The third kappa shape index (κ3) is 3.74. The maximum absolute atomic E-state index is 12.9. The van der Waals surface area contributed by atoms with Gasteiger partial charge in [-0.15, -0.1) is 0 Å². The van der Waals surface area contributed by atoms with Crippen LogP contribution in [0.3, 0.4) is 0 Å². The van der Waals surface area contributed by atoms with Gasteiger partial charge in [0.25, 0.3) is 10.0 Å². The van der Waals surface area contributed by atoms with E-state index in [0.717, 1.165) is 5.56 Å². The first-order chi connectivity index (χ1) is 10.6. The second-order valence-electron chi connectivity index (χ2n) is 4.68. The summed E-state index contributed by atoms with van der Waals surface area (Å²) in [5.74, 6) is -3.36. The lowest BCUT2D eigenvalue weighted by atomic mass is 10.2. The molecule has 1 aromatic rings. The van der Waals surface area contributed by atoms with E-state index in [1.54, 1.807) is 6.92 Å². The SMILES string of the molecule is Cc1ccc(S(=O)(=O)NC(=O)NC2(C(F)(F)F)OCCO2)cc1. The zero-order valence-corrected chi connectivity index (χ0v) is 12.6. The lowest BCUT2D eigenvalue weighted by Gasteiger charge is -2.29. The Kier molecular flexibility index (Phi) is 4.55. The number of rotatable bonds is 3. The summed E-state index contributed by atoms with van der Waals surface area (Å²) in [5.41, 5.74) is 0.775. The molecule has 2 rings (SSSR count). The molecule has 1 saturated heterocycles. The summed E-state index contributed by atoms with van der Waals surface area (Å²) >= 11 is 0. The fourth-order valence-electron chi connectivity index (χ4n) is 1.79. The fourth-order valence-corrected chi connectivity index (χ4v) is 2.70. The van der Waals surface area contributed by atoms with Crippen LogP contribution in [-0.2, 0) is 19.5 Å². The number of aryl methyl sites for hydroxylation is 1. The van der Waals surface area contributed by atoms with E-state index in [9.17, 15) is 26.4 Å². The van der Waals surface area contributed by atoms with Crippen LogP contribution in [0.5, 0.6) is 0 Å². The molecule has 23 heavy (non-hydrogen) atoms. The van der Waals surface area contributed by atoms with Crippen LogP contribution in [0.1, 0.15) is 5.56 Å². The maximum atomic E-state index is 12.9. The van der Waals surface area contributed by atoms with Crippen LogP contribution in [0.15, 0.2) is 29.2 Å². The first-order valence-corrected chi connectivity index (χ1v) is 7.80. The number of benzene rings is 1. The number of halogens is 3. The quantitative estimate of drug-likeness (QED) is 0.852. The molecule has 7 nitrogen and oxygen atoms in total. The Morgan fingerprint density at radius 3 is 2.17 bits per heavy atom. The van der Waals surface area contributed by atoms with E-state index in [1.807, 2.05) is 0 Å². The van der Waals surface area contributed by atoms with E-state index in [4.69, 9.17) is 0 Å². The van der Waals surface area contributed by atoms with Gasteiger partial charge in [-0.2, -0.15) is 13.2 Å². The van der Waals surface area contributed by atoms with Crippen molar-refractivity contribution >= 4 is 16.1 Å². The van der Waals surface area contributed by atoms with Crippen molar-refractivity contribution in [2.45, 2.75) is 23.9 Å². The van der Waals surface area contributed by atoms with Crippen LogP contribution in [0.2, 0.25) is 0 Å². The zero-order chi connectivity index (χ0) is 17.3. The predicted octanol–water partition coefficient (Wildman–Crippen LogP) is 1.25. The van der Waals surface area contributed by atoms with E-state index in [0.29, 0.717) is 0 Å². The molecule has 0 aromatic heterocycles. The third-order valence-corrected chi connectivity index (χ3v) is 4.25. The van der Waals surface area contributed by atoms with Gasteiger partial charge in [0.2, 0.25) is 0 Å². The molecule has 2 amide bonds. The van der Waals surface area contributed by atoms with E-state index in [1.165, 1.54) is 34.3 Å². The lowest BCUT2D eigenvalue weighted by Crippen LogP contribution is -2.62. The summed E-state index contributed by atoms with van der Waals surface area (Å²) in [7, 11) is -4.33. The number of hydrogen-bond donors (Lipinski definition) is 2. The molecule has 0 spiro atoms. The molecule has 0 bridgehead atoms. The Morgan fingerprint density at radius 1 is 1.17 bits per heavy atom. The van der Waals surface area contributed by atoms with E-state index in [-0.39, 0.29) is 4.90 Å².